The molecule has 1 saturated heterocycles. The number of benzene rings is 2. The summed E-state index contributed by atoms with van der Waals surface area (Å²) in [6, 6.07) is 11.2. The van der Waals surface area contributed by atoms with Crippen molar-refractivity contribution >= 4 is 38.9 Å². The Kier molecular flexibility index (Phi) is 6.24. The maximum absolute atomic E-state index is 12.9. The average molecular weight is 456 g/mol. The van der Waals surface area contributed by atoms with Crippen LogP contribution in [0.1, 0.15) is 42.9 Å². The number of fused-ring (bicyclic) bond motifs is 1. The Morgan fingerprint density at radius 3 is 2.66 bits per heavy atom. The van der Waals surface area contributed by atoms with E-state index in [-0.39, 0.29) is 24.0 Å². The fourth-order valence-electron chi connectivity index (χ4n) is 4.46. The van der Waals surface area contributed by atoms with Gasteiger partial charge in [-0.25, -0.2) is 8.42 Å². The standard InChI is InChI=1S/C24H29N3O4S/c1-3-12-32(30,31)26-22-9-5-8-21(16(22)2)25-24(29)19-14-23(28)27(15-19)20-11-10-17-6-4-7-18(17)13-20/h5,8-11,13,19,26H,3-4,6-7,12,14-15H2,1-2H3,(H,25,29). The van der Waals surface area contributed by atoms with Crippen LogP contribution in [-0.2, 0) is 32.5 Å². The van der Waals surface area contributed by atoms with E-state index in [0.29, 0.717) is 29.9 Å². The molecule has 32 heavy (non-hydrogen) atoms. The van der Waals surface area contributed by atoms with Crippen LogP contribution >= 0.6 is 0 Å². The predicted octanol–water partition coefficient (Wildman–Crippen LogP) is 3.63. The van der Waals surface area contributed by atoms with Crippen molar-refractivity contribution in [2.75, 3.05) is 27.2 Å². The van der Waals surface area contributed by atoms with Crippen molar-refractivity contribution in [3.05, 3.63) is 53.1 Å². The summed E-state index contributed by atoms with van der Waals surface area (Å²) in [5.74, 6) is -0.721. The molecule has 2 amide bonds. The first-order valence-electron chi connectivity index (χ1n) is 11.1. The quantitative estimate of drug-likeness (QED) is 0.666. The highest BCUT2D eigenvalue weighted by Crippen LogP contribution is 2.31. The third-order valence-corrected chi connectivity index (χ3v) is 7.70. The van der Waals surface area contributed by atoms with Crippen molar-refractivity contribution in [1.29, 1.82) is 0 Å². The predicted molar refractivity (Wildman–Crippen MR) is 126 cm³/mol. The van der Waals surface area contributed by atoms with E-state index in [4.69, 9.17) is 0 Å². The lowest BCUT2D eigenvalue weighted by Gasteiger charge is -2.18. The number of amides is 2. The lowest BCUT2D eigenvalue weighted by Crippen LogP contribution is -2.28. The third kappa shape index (κ3) is 4.65. The molecule has 170 valence electrons. The first-order chi connectivity index (χ1) is 15.3. The van der Waals surface area contributed by atoms with Gasteiger partial charge in [0.25, 0.3) is 0 Å². The summed E-state index contributed by atoms with van der Waals surface area (Å²) in [5.41, 5.74) is 5.12. The van der Waals surface area contributed by atoms with E-state index in [1.165, 1.54) is 11.1 Å². The van der Waals surface area contributed by atoms with Gasteiger partial charge in [0.2, 0.25) is 21.8 Å². The van der Waals surface area contributed by atoms with Crippen LogP contribution < -0.4 is 14.9 Å². The zero-order valence-corrected chi connectivity index (χ0v) is 19.3. The molecule has 4 rings (SSSR count). The van der Waals surface area contributed by atoms with E-state index < -0.39 is 15.9 Å². The molecule has 0 bridgehead atoms. The summed E-state index contributed by atoms with van der Waals surface area (Å²) in [7, 11) is -3.43. The van der Waals surface area contributed by atoms with Gasteiger partial charge in [-0.3, -0.25) is 14.3 Å². The summed E-state index contributed by atoms with van der Waals surface area (Å²) in [4.78, 5) is 27.3. The van der Waals surface area contributed by atoms with Crippen molar-refractivity contribution in [2.45, 2.75) is 46.0 Å². The largest absolute Gasteiger partial charge is 0.325 e. The lowest BCUT2D eigenvalue weighted by atomic mass is 10.1. The molecule has 2 aromatic carbocycles. The Hall–Kier alpha value is -2.87. The van der Waals surface area contributed by atoms with Gasteiger partial charge >= 0.3 is 0 Å². The van der Waals surface area contributed by atoms with Gasteiger partial charge in [-0.1, -0.05) is 19.1 Å². The van der Waals surface area contributed by atoms with Crippen LogP contribution in [0.25, 0.3) is 0 Å². The molecule has 2 aliphatic rings. The molecular weight excluding hydrogens is 426 g/mol. The zero-order valence-electron chi connectivity index (χ0n) is 18.5. The van der Waals surface area contributed by atoms with Crippen molar-refractivity contribution in [3.63, 3.8) is 0 Å². The summed E-state index contributed by atoms with van der Waals surface area (Å²) >= 11 is 0. The number of nitrogens with one attached hydrogen (secondary N) is 2. The van der Waals surface area contributed by atoms with Crippen LogP contribution in [-0.4, -0.2) is 32.5 Å². The summed E-state index contributed by atoms with van der Waals surface area (Å²) < 4.78 is 26.8. The highest BCUT2D eigenvalue weighted by Gasteiger charge is 2.35. The maximum Gasteiger partial charge on any atom is 0.232 e. The normalized spacial score (nSPS) is 18.0. The van der Waals surface area contributed by atoms with Crippen molar-refractivity contribution in [2.24, 2.45) is 5.92 Å². The number of nitrogens with zero attached hydrogens (tertiary/aromatic N) is 1. The SMILES string of the molecule is CCCS(=O)(=O)Nc1cccc(NC(=O)C2CC(=O)N(c3ccc4c(c3)CCC4)C2)c1C. The minimum atomic E-state index is -3.43. The molecule has 0 saturated carbocycles. The molecule has 0 radical (unpaired) electrons. The Morgan fingerprint density at radius 1 is 1.12 bits per heavy atom. The molecule has 1 heterocycles. The van der Waals surface area contributed by atoms with E-state index in [2.05, 4.69) is 22.2 Å². The fraction of sp³-hybridized carbons (Fsp3) is 0.417. The van der Waals surface area contributed by atoms with E-state index >= 15 is 0 Å². The first kappa shape index (κ1) is 22.3. The Labute approximate surface area is 189 Å². The van der Waals surface area contributed by atoms with Crippen LogP contribution in [0.4, 0.5) is 17.1 Å². The molecule has 8 heteroatoms. The molecule has 0 aromatic heterocycles. The second kappa shape index (κ2) is 8.94. The van der Waals surface area contributed by atoms with Gasteiger partial charge in [-0.15, -0.1) is 0 Å². The molecule has 1 unspecified atom stereocenters. The van der Waals surface area contributed by atoms with E-state index in [9.17, 15) is 18.0 Å². The number of hydrogen-bond acceptors (Lipinski definition) is 4. The molecule has 7 nitrogen and oxygen atoms in total. The number of sulfonamides is 1. The fourth-order valence-corrected chi connectivity index (χ4v) is 5.66. The third-order valence-electron chi connectivity index (χ3n) is 6.22. The zero-order chi connectivity index (χ0) is 22.9. The van der Waals surface area contributed by atoms with Crippen molar-refractivity contribution < 1.29 is 18.0 Å². The number of rotatable bonds is 7. The first-order valence-corrected chi connectivity index (χ1v) is 12.8. The smallest absolute Gasteiger partial charge is 0.232 e. The maximum atomic E-state index is 12.9. The van der Waals surface area contributed by atoms with Gasteiger partial charge in [0.1, 0.15) is 0 Å². The highest BCUT2D eigenvalue weighted by molar-refractivity contribution is 7.92. The highest BCUT2D eigenvalue weighted by atomic mass is 32.2. The van der Waals surface area contributed by atoms with Crippen LogP contribution in [0.2, 0.25) is 0 Å². The molecule has 1 aliphatic heterocycles. The Bertz CT molecular complexity index is 1160. The summed E-state index contributed by atoms with van der Waals surface area (Å²) in [5, 5.41) is 2.89. The molecule has 2 N–H and O–H groups in total. The van der Waals surface area contributed by atoms with Gasteiger partial charge in [0.15, 0.2) is 0 Å². The molecule has 0 spiro atoms. The van der Waals surface area contributed by atoms with Crippen molar-refractivity contribution in [1.82, 2.24) is 0 Å². The molecular formula is C24H29N3O4S. The van der Waals surface area contributed by atoms with Crippen LogP contribution in [0.5, 0.6) is 0 Å². The molecule has 1 fully saturated rings. The van der Waals surface area contributed by atoms with Crippen molar-refractivity contribution in [3.8, 4) is 0 Å². The number of aryl methyl sites for hydroxylation is 2. The van der Waals surface area contributed by atoms with E-state index in [0.717, 1.165) is 24.9 Å². The van der Waals surface area contributed by atoms with E-state index in [1.807, 2.05) is 6.07 Å². The second-order valence-corrected chi connectivity index (χ2v) is 10.4. The number of hydrogen-bond donors (Lipinski definition) is 2. The van der Waals surface area contributed by atoms with Gasteiger partial charge in [-0.2, -0.15) is 0 Å². The van der Waals surface area contributed by atoms with Crippen LogP contribution in [0, 0.1) is 12.8 Å². The molecule has 1 atom stereocenters. The Morgan fingerprint density at radius 2 is 1.88 bits per heavy atom. The molecule has 2 aromatic rings. The van der Waals surface area contributed by atoms with E-state index in [1.54, 1.807) is 36.9 Å². The van der Waals surface area contributed by atoms with Crippen LogP contribution in [0.15, 0.2) is 36.4 Å². The average Bonchev–Trinajstić information content (AvgIpc) is 3.36. The van der Waals surface area contributed by atoms with Crippen LogP contribution in [0.3, 0.4) is 0 Å². The summed E-state index contributed by atoms with van der Waals surface area (Å²) in [6.07, 6.45) is 3.94. The minimum Gasteiger partial charge on any atom is -0.325 e. The number of carbonyl (C=O) groups is 2. The second-order valence-electron chi connectivity index (χ2n) is 8.60. The lowest BCUT2D eigenvalue weighted by molar-refractivity contribution is -0.122. The van der Waals surface area contributed by atoms with Gasteiger partial charge < -0.3 is 10.2 Å². The van der Waals surface area contributed by atoms with Gasteiger partial charge in [0.05, 0.1) is 17.4 Å². The monoisotopic (exact) mass is 455 g/mol. The van der Waals surface area contributed by atoms with Gasteiger partial charge in [-0.05, 0) is 73.6 Å². The van der Waals surface area contributed by atoms with Gasteiger partial charge in [0, 0.05) is 24.3 Å². The topological polar surface area (TPSA) is 95.6 Å². The number of carbonyl (C=O) groups excluding carboxylic acids is 2. The minimum absolute atomic E-state index is 0.0335. The molecule has 1 aliphatic carbocycles. The summed E-state index contributed by atoms with van der Waals surface area (Å²) in [6.45, 7) is 3.90. The number of anilines is 3. The Balaban J connectivity index is 1.46.